The first-order valence-electron chi connectivity index (χ1n) is 4.04. The number of nitrogen functional groups attached to an aromatic ring is 1. The zero-order chi connectivity index (χ0) is 12.5. The van der Waals surface area contributed by atoms with Crippen molar-refractivity contribution < 1.29 is 18.5 Å². The van der Waals surface area contributed by atoms with Gasteiger partial charge in [0.1, 0.15) is 5.69 Å². The van der Waals surface area contributed by atoms with Gasteiger partial charge in [0.05, 0.1) is 4.92 Å². The number of nitrogens with one attached hydrogen (secondary N) is 1. The van der Waals surface area contributed by atoms with Crippen LogP contribution in [0, 0.1) is 21.7 Å². The molecule has 0 aliphatic rings. The molecule has 1 aromatic carbocycles. The molecule has 16 heavy (non-hydrogen) atoms. The van der Waals surface area contributed by atoms with E-state index >= 15 is 0 Å². The van der Waals surface area contributed by atoms with Crippen molar-refractivity contribution in [1.29, 1.82) is 0 Å². The Hall–Kier alpha value is -2.25. The number of hydrogen-bond donors (Lipinski definition) is 2. The van der Waals surface area contributed by atoms with Gasteiger partial charge in [-0.2, -0.15) is 0 Å². The number of amides is 1. The number of nitro groups is 1. The molecule has 1 aromatic rings. The molecule has 0 radical (unpaired) electrons. The molecule has 8 heteroatoms. The summed E-state index contributed by atoms with van der Waals surface area (Å²) in [7, 11) is 0. The van der Waals surface area contributed by atoms with Gasteiger partial charge in [-0.05, 0) is 0 Å². The number of carbonyl (C=O) groups is 1. The molecule has 6 nitrogen and oxygen atoms in total. The van der Waals surface area contributed by atoms with Gasteiger partial charge in [0, 0.05) is 13.0 Å². The van der Waals surface area contributed by atoms with Crippen molar-refractivity contribution in [2.75, 3.05) is 11.1 Å². The van der Waals surface area contributed by atoms with Crippen molar-refractivity contribution >= 4 is 23.0 Å². The fraction of sp³-hybridized carbons (Fsp3) is 0.125. The highest BCUT2D eigenvalue weighted by atomic mass is 19.1. The molecule has 86 valence electrons. The van der Waals surface area contributed by atoms with E-state index in [2.05, 4.69) is 0 Å². The van der Waals surface area contributed by atoms with Crippen molar-refractivity contribution in [3.05, 3.63) is 27.8 Å². The van der Waals surface area contributed by atoms with Crippen LogP contribution in [0.1, 0.15) is 6.92 Å². The Morgan fingerprint density at radius 1 is 1.50 bits per heavy atom. The Bertz CT molecular complexity index is 476. The van der Waals surface area contributed by atoms with Gasteiger partial charge in [0.2, 0.25) is 5.91 Å². The van der Waals surface area contributed by atoms with Crippen LogP contribution in [0.2, 0.25) is 0 Å². The molecule has 0 spiro atoms. The van der Waals surface area contributed by atoms with Crippen LogP contribution in [-0.4, -0.2) is 10.8 Å². The maximum Gasteiger partial charge on any atom is 0.321 e. The van der Waals surface area contributed by atoms with Crippen molar-refractivity contribution in [1.82, 2.24) is 0 Å². The molecule has 0 aliphatic carbocycles. The van der Waals surface area contributed by atoms with E-state index in [1.165, 1.54) is 0 Å². The van der Waals surface area contributed by atoms with Crippen LogP contribution in [0.5, 0.6) is 0 Å². The lowest BCUT2D eigenvalue weighted by atomic mass is 10.2. The first-order valence-corrected chi connectivity index (χ1v) is 4.04. The highest BCUT2D eigenvalue weighted by molar-refractivity contribution is 5.93. The Morgan fingerprint density at radius 3 is 2.50 bits per heavy atom. The summed E-state index contributed by atoms with van der Waals surface area (Å²) in [5.74, 6) is -3.24. The number of hydrogen-bond acceptors (Lipinski definition) is 4. The van der Waals surface area contributed by atoms with Gasteiger partial charge in [-0.1, -0.05) is 0 Å². The lowest BCUT2D eigenvalue weighted by molar-refractivity contribution is -0.383. The van der Waals surface area contributed by atoms with Crippen molar-refractivity contribution in [2.45, 2.75) is 6.92 Å². The minimum atomic E-state index is -1.26. The van der Waals surface area contributed by atoms with Gasteiger partial charge in [0.15, 0.2) is 17.3 Å². The average molecular weight is 231 g/mol. The smallest absolute Gasteiger partial charge is 0.321 e. The summed E-state index contributed by atoms with van der Waals surface area (Å²) in [6, 6.07) is 0.369. The first kappa shape index (κ1) is 11.8. The maximum atomic E-state index is 13.2. The zero-order valence-corrected chi connectivity index (χ0v) is 8.08. The number of nitrogens with two attached hydrogens (primary N) is 1. The summed E-state index contributed by atoms with van der Waals surface area (Å²) < 4.78 is 26.1. The number of nitrogens with zero attached hydrogens (tertiary/aromatic N) is 1. The fourth-order valence-corrected chi connectivity index (χ4v) is 1.11. The minimum Gasteiger partial charge on any atom is -0.391 e. The number of rotatable bonds is 2. The second-order valence-corrected chi connectivity index (χ2v) is 2.92. The third-order valence-electron chi connectivity index (χ3n) is 1.73. The van der Waals surface area contributed by atoms with Crippen LogP contribution in [0.3, 0.4) is 0 Å². The Kier molecular flexibility index (Phi) is 3.02. The van der Waals surface area contributed by atoms with Crippen LogP contribution in [0.15, 0.2) is 6.07 Å². The van der Waals surface area contributed by atoms with Crippen LogP contribution in [-0.2, 0) is 4.79 Å². The Labute approximate surface area is 88.2 Å². The molecule has 0 heterocycles. The molecule has 0 aromatic heterocycles. The summed E-state index contributed by atoms with van der Waals surface area (Å²) in [6.07, 6.45) is 0. The summed E-state index contributed by atoms with van der Waals surface area (Å²) >= 11 is 0. The van der Waals surface area contributed by atoms with Crippen molar-refractivity contribution in [3.8, 4) is 0 Å². The summed E-state index contributed by atoms with van der Waals surface area (Å²) in [4.78, 5) is 20.2. The van der Waals surface area contributed by atoms with E-state index in [1.807, 2.05) is 5.32 Å². The van der Waals surface area contributed by atoms with Gasteiger partial charge in [-0.3, -0.25) is 14.9 Å². The number of carbonyl (C=O) groups excluding carboxylic acids is 1. The molecular weight excluding hydrogens is 224 g/mol. The van der Waals surface area contributed by atoms with Crippen molar-refractivity contribution in [3.63, 3.8) is 0 Å². The molecule has 0 fully saturated rings. The van der Waals surface area contributed by atoms with Gasteiger partial charge in [0.25, 0.3) is 0 Å². The Morgan fingerprint density at radius 2 is 2.06 bits per heavy atom. The summed E-state index contributed by atoms with van der Waals surface area (Å²) in [6.45, 7) is 1.03. The fourth-order valence-electron chi connectivity index (χ4n) is 1.11. The minimum absolute atomic E-state index is 0.369. The van der Waals surface area contributed by atoms with Gasteiger partial charge in [-0.15, -0.1) is 0 Å². The maximum absolute atomic E-state index is 13.2. The summed E-state index contributed by atoms with van der Waals surface area (Å²) in [5.41, 5.74) is 2.54. The van der Waals surface area contributed by atoms with Gasteiger partial charge >= 0.3 is 5.69 Å². The molecule has 1 rings (SSSR count). The number of nitro benzene ring substituents is 1. The number of anilines is 2. The van der Waals surface area contributed by atoms with E-state index in [0.29, 0.717) is 6.07 Å². The first-order chi connectivity index (χ1) is 7.34. The highest BCUT2D eigenvalue weighted by Crippen LogP contribution is 2.35. The second kappa shape index (κ2) is 4.09. The van der Waals surface area contributed by atoms with E-state index in [9.17, 15) is 23.7 Å². The van der Waals surface area contributed by atoms with Crippen LogP contribution >= 0.6 is 0 Å². The zero-order valence-electron chi connectivity index (χ0n) is 8.08. The van der Waals surface area contributed by atoms with Gasteiger partial charge in [-0.25, -0.2) is 8.78 Å². The van der Waals surface area contributed by atoms with Gasteiger partial charge < -0.3 is 11.1 Å². The van der Waals surface area contributed by atoms with E-state index in [4.69, 9.17) is 5.73 Å². The van der Waals surface area contributed by atoms with E-state index < -0.39 is 39.5 Å². The highest BCUT2D eigenvalue weighted by Gasteiger charge is 2.26. The Balaban J connectivity index is 3.50. The third kappa shape index (κ3) is 2.05. The van der Waals surface area contributed by atoms with Crippen LogP contribution in [0.4, 0.5) is 25.8 Å². The molecular formula is C8H7F2N3O3. The lowest BCUT2D eigenvalue weighted by Crippen LogP contribution is -2.12. The molecule has 3 N–H and O–H groups in total. The third-order valence-corrected chi connectivity index (χ3v) is 1.73. The van der Waals surface area contributed by atoms with Crippen molar-refractivity contribution in [2.24, 2.45) is 0 Å². The second-order valence-electron chi connectivity index (χ2n) is 2.92. The monoisotopic (exact) mass is 231 g/mol. The standard InChI is InChI=1S/C8H7F2N3O3/c1-3(14)12-7-5(10)2-4(9)6(11)8(7)13(15)16/h2H,11H2,1H3,(H,12,14). The SMILES string of the molecule is CC(=O)Nc1c(F)cc(F)c(N)c1[N+](=O)[O-]. The number of halogens is 2. The molecule has 0 unspecified atom stereocenters. The molecule has 0 aliphatic heterocycles. The molecule has 0 saturated heterocycles. The largest absolute Gasteiger partial charge is 0.391 e. The predicted molar refractivity (Wildman–Crippen MR) is 51.7 cm³/mol. The molecule has 1 amide bonds. The lowest BCUT2D eigenvalue weighted by Gasteiger charge is -2.07. The van der Waals surface area contributed by atoms with E-state index in [1.54, 1.807) is 0 Å². The normalized spacial score (nSPS) is 9.94. The number of benzene rings is 1. The predicted octanol–water partition coefficient (Wildman–Crippen LogP) is 1.41. The average Bonchev–Trinajstić information content (AvgIpc) is 2.13. The van der Waals surface area contributed by atoms with E-state index in [0.717, 1.165) is 6.92 Å². The topological polar surface area (TPSA) is 98.3 Å². The molecule has 0 atom stereocenters. The van der Waals surface area contributed by atoms with E-state index in [-0.39, 0.29) is 0 Å². The van der Waals surface area contributed by atoms with Crippen LogP contribution < -0.4 is 11.1 Å². The molecule has 0 bridgehead atoms. The van der Waals surface area contributed by atoms with Crippen LogP contribution in [0.25, 0.3) is 0 Å². The summed E-state index contributed by atoms with van der Waals surface area (Å²) in [5, 5.41) is 12.5. The quantitative estimate of drug-likeness (QED) is 0.456. The molecule has 0 saturated carbocycles.